The molecule has 0 aromatic rings. The van der Waals surface area contributed by atoms with Crippen molar-refractivity contribution in [2.75, 3.05) is 6.61 Å². The summed E-state index contributed by atoms with van der Waals surface area (Å²) in [5.74, 6) is 0.179. The maximum absolute atomic E-state index is 10.2. The second-order valence-corrected chi connectivity index (χ2v) is 4.70. The lowest BCUT2D eigenvalue weighted by molar-refractivity contribution is -0.132. The molecule has 3 nitrogen and oxygen atoms in total. The SMILES string of the molecule is CC1CCC(C)(C(O)CO)C1(C)O. The van der Waals surface area contributed by atoms with E-state index in [9.17, 15) is 10.2 Å². The van der Waals surface area contributed by atoms with Gasteiger partial charge in [0, 0.05) is 5.41 Å². The van der Waals surface area contributed by atoms with Gasteiger partial charge in [0.05, 0.1) is 18.3 Å². The summed E-state index contributed by atoms with van der Waals surface area (Å²) in [7, 11) is 0. The van der Waals surface area contributed by atoms with Crippen LogP contribution in [0.4, 0.5) is 0 Å². The van der Waals surface area contributed by atoms with Crippen LogP contribution in [0.2, 0.25) is 0 Å². The van der Waals surface area contributed by atoms with E-state index in [4.69, 9.17) is 5.11 Å². The largest absolute Gasteiger partial charge is 0.394 e. The molecule has 0 heterocycles. The van der Waals surface area contributed by atoms with E-state index in [2.05, 4.69) is 0 Å². The van der Waals surface area contributed by atoms with Gasteiger partial charge in [0.15, 0.2) is 0 Å². The molecule has 0 saturated heterocycles. The summed E-state index contributed by atoms with van der Waals surface area (Å²) < 4.78 is 0. The van der Waals surface area contributed by atoms with Gasteiger partial charge in [-0.05, 0) is 25.7 Å². The lowest BCUT2D eigenvalue weighted by atomic mass is 9.70. The number of aliphatic hydroxyl groups excluding tert-OH is 2. The Hall–Kier alpha value is -0.120. The van der Waals surface area contributed by atoms with Crippen LogP contribution in [-0.4, -0.2) is 33.6 Å². The first-order chi connectivity index (χ1) is 5.86. The van der Waals surface area contributed by atoms with E-state index in [1.165, 1.54) is 0 Å². The first-order valence-electron chi connectivity index (χ1n) is 4.87. The normalized spacial score (nSPS) is 48.0. The Balaban J connectivity index is 2.91. The summed E-state index contributed by atoms with van der Waals surface area (Å²) in [6.45, 7) is 5.30. The smallest absolute Gasteiger partial charge is 0.0851 e. The van der Waals surface area contributed by atoms with Crippen molar-refractivity contribution in [2.45, 2.75) is 45.3 Å². The summed E-state index contributed by atoms with van der Waals surface area (Å²) in [5.41, 5.74) is -1.45. The molecule has 0 spiro atoms. The second kappa shape index (κ2) is 3.23. The first-order valence-corrected chi connectivity index (χ1v) is 4.87. The van der Waals surface area contributed by atoms with Crippen LogP contribution in [0.15, 0.2) is 0 Å². The highest BCUT2D eigenvalue weighted by Gasteiger charge is 2.55. The van der Waals surface area contributed by atoms with Gasteiger partial charge in [-0.3, -0.25) is 0 Å². The summed E-state index contributed by atoms with van der Waals surface area (Å²) in [4.78, 5) is 0. The van der Waals surface area contributed by atoms with Crippen molar-refractivity contribution < 1.29 is 15.3 Å². The van der Waals surface area contributed by atoms with Crippen LogP contribution >= 0.6 is 0 Å². The Morgan fingerprint density at radius 1 is 1.46 bits per heavy atom. The zero-order valence-electron chi connectivity index (χ0n) is 8.62. The maximum atomic E-state index is 10.2. The minimum atomic E-state index is -0.880. The van der Waals surface area contributed by atoms with E-state index >= 15 is 0 Å². The Morgan fingerprint density at radius 3 is 2.31 bits per heavy atom. The molecule has 78 valence electrons. The van der Waals surface area contributed by atoms with Crippen LogP contribution in [-0.2, 0) is 0 Å². The molecule has 3 heteroatoms. The van der Waals surface area contributed by atoms with Crippen molar-refractivity contribution in [3.8, 4) is 0 Å². The number of hydrogen-bond acceptors (Lipinski definition) is 3. The van der Waals surface area contributed by atoms with Crippen molar-refractivity contribution >= 4 is 0 Å². The Labute approximate surface area is 79.4 Å². The van der Waals surface area contributed by atoms with Gasteiger partial charge in [-0.1, -0.05) is 13.8 Å². The van der Waals surface area contributed by atoms with Crippen molar-refractivity contribution in [3.63, 3.8) is 0 Å². The second-order valence-electron chi connectivity index (χ2n) is 4.70. The third-order valence-corrected chi connectivity index (χ3v) is 4.12. The molecule has 0 aliphatic heterocycles. The average Bonchev–Trinajstić information content (AvgIpc) is 2.29. The quantitative estimate of drug-likeness (QED) is 0.592. The molecule has 0 amide bonds. The molecule has 3 N–H and O–H groups in total. The fourth-order valence-corrected chi connectivity index (χ4v) is 2.32. The molecule has 1 aliphatic carbocycles. The summed E-state index contributed by atoms with van der Waals surface area (Å²) in [5, 5.41) is 28.8. The highest BCUT2D eigenvalue weighted by atomic mass is 16.3. The highest BCUT2D eigenvalue weighted by Crippen LogP contribution is 2.51. The zero-order valence-corrected chi connectivity index (χ0v) is 8.62. The van der Waals surface area contributed by atoms with Gasteiger partial charge in [0.1, 0.15) is 0 Å². The molecule has 0 aromatic heterocycles. The van der Waals surface area contributed by atoms with Crippen LogP contribution in [0.1, 0.15) is 33.6 Å². The number of hydrogen-bond donors (Lipinski definition) is 3. The topological polar surface area (TPSA) is 60.7 Å². The molecule has 13 heavy (non-hydrogen) atoms. The van der Waals surface area contributed by atoms with Crippen molar-refractivity contribution in [2.24, 2.45) is 11.3 Å². The molecular weight excluding hydrogens is 168 g/mol. The van der Waals surface area contributed by atoms with Crippen LogP contribution < -0.4 is 0 Å². The average molecular weight is 188 g/mol. The minimum Gasteiger partial charge on any atom is -0.394 e. The van der Waals surface area contributed by atoms with Crippen molar-refractivity contribution in [1.29, 1.82) is 0 Å². The standard InChI is InChI=1S/C10H20O3/c1-7-4-5-9(2,8(12)6-11)10(7,3)13/h7-8,11-13H,4-6H2,1-3H3. The van der Waals surface area contributed by atoms with Crippen molar-refractivity contribution in [1.82, 2.24) is 0 Å². The third-order valence-electron chi connectivity index (χ3n) is 4.12. The molecule has 1 aliphatic rings. The van der Waals surface area contributed by atoms with E-state index in [1.807, 2.05) is 13.8 Å². The molecular formula is C10H20O3. The van der Waals surface area contributed by atoms with E-state index < -0.39 is 17.1 Å². The van der Waals surface area contributed by atoms with Crippen molar-refractivity contribution in [3.05, 3.63) is 0 Å². The molecule has 0 radical (unpaired) electrons. The zero-order chi connectivity index (χ0) is 10.3. The fourth-order valence-electron chi connectivity index (χ4n) is 2.32. The van der Waals surface area contributed by atoms with Gasteiger partial charge in [0.2, 0.25) is 0 Å². The lowest BCUT2D eigenvalue weighted by Gasteiger charge is -2.42. The van der Waals surface area contributed by atoms with Crippen LogP contribution in [0.25, 0.3) is 0 Å². The van der Waals surface area contributed by atoms with Gasteiger partial charge in [0.25, 0.3) is 0 Å². The molecule has 1 rings (SSSR count). The Kier molecular flexibility index (Phi) is 2.72. The predicted octanol–water partition coefficient (Wildman–Crippen LogP) is 0.527. The lowest BCUT2D eigenvalue weighted by Crippen LogP contribution is -2.51. The van der Waals surface area contributed by atoms with Gasteiger partial charge < -0.3 is 15.3 Å². The third kappa shape index (κ3) is 1.39. The van der Waals surface area contributed by atoms with Gasteiger partial charge in [-0.2, -0.15) is 0 Å². The van der Waals surface area contributed by atoms with Crippen LogP contribution in [0.3, 0.4) is 0 Å². The van der Waals surface area contributed by atoms with Crippen LogP contribution in [0, 0.1) is 11.3 Å². The number of rotatable bonds is 2. The van der Waals surface area contributed by atoms with E-state index in [0.29, 0.717) is 0 Å². The summed E-state index contributed by atoms with van der Waals surface area (Å²) >= 11 is 0. The Bertz CT molecular complexity index is 191. The molecule has 1 saturated carbocycles. The molecule has 4 atom stereocenters. The van der Waals surface area contributed by atoms with Gasteiger partial charge in [-0.15, -0.1) is 0 Å². The van der Waals surface area contributed by atoms with E-state index in [1.54, 1.807) is 6.92 Å². The minimum absolute atomic E-state index is 0.179. The summed E-state index contributed by atoms with van der Waals surface area (Å²) in [6, 6.07) is 0. The monoisotopic (exact) mass is 188 g/mol. The summed E-state index contributed by atoms with van der Waals surface area (Å²) in [6.07, 6.45) is 0.844. The molecule has 4 unspecified atom stereocenters. The first kappa shape index (κ1) is 11.0. The number of aliphatic hydroxyl groups is 3. The molecule has 1 fully saturated rings. The van der Waals surface area contributed by atoms with E-state index in [0.717, 1.165) is 12.8 Å². The molecule has 0 aromatic carbocycles. The fraction of sp³-hybridized carbons (Fsp3) is 1.00. The van der Waals surface area contributed by atoms with Gasteiger partial charge in [-0.25, -0.2) is 0 Å². The van der Waals surface area contributed by atoms with E-state index in [-0.39, 0.29) is 12.5 Å². The Morgan fingerprint density at radius 2 is 2.00 bits per heavy atom. The highest BCUT2D eigenvalue weighted by molar-refractivity contribution is 5.05. The molecule has 0 bridgehead atoms. The van der Waals surface area contributed by atoms with Gasteiger partial charge >= 0.3 is 0 Å². The maximum Gasteiger partial charge on any atom is 0.0851 e. The van der Waals surface area contributed by atoms with Crippen LogP contribution in [0.5, 0.6) is 0 Å². The predicted molar refractivity (Wildman–Crippen MR) is 50.2 cm³/mol.